The van der Waals surface area contributed by atoms with Gasteiger partial charge in [-0.1, -0.05) is 49.5 Å². The summed E-state index contributed by atoms with van der Waals surface area (Å²) < 4.78 is 3.84. The number of aromatic nitrogens is 2. The van der Waals surface area contributed by atoms with Gasteiger partial charge in [0.25, 0.3) is 0 Å². The zero-order valence-corrected chi connectivity index (χ0v) is 11.2. The fourth-order valence-electron chi connectivity index (χ4n) is 1.67. The minimum Gasteiger partial charge on any atom is -0.319 e. The molecule has 0 radical (unpaired) electrons. The maximum Gasteiger partial charge on any atom is 0.0967 e. The molecule has 1 aromatic carbocycles. The Morgan fingerprint density at radius 3 is 2.29 bits per heavy atom. The van der Waals surface area contributed by atoms with Crippen LogP contribution in [0, 0.1) is 0 Å². The van der Waals surface area contributed by atoms with Crippen molar-refractivity contribution in [2.45, 2.75) is 32.2 Å². The zero-order valence-electron chi connectivity index (χ0n) is 10.3. The molecule has 17 heavy (non-hydrogen) atoms. The van der Waals surface area contributed by atoms with E-state index in [-0.39, 0.29) is 11.5 Å². The molecule has 4 heteroatoms. The average Bonchev–Trinajstić information content (AvgIpc) is 2.80. The van der Waals surface area contributed by atoms with Crippen molar-refractivity contribution < 1.29 is 0 Å². The van der Waals surface area contributed by atoms with E-state index in [1.54, 1.807) is 0 Å². The molecule has 0 aliphatic rings. The van der Waals surface area contributed by atoms with Crippen LogP contribution >= 0.6 is 11.5 Å². The highest BCUT2D eigenvalue weighted by Gasteiger charge is 2.15. The molecule has 0 aliphatic heterocycles. The second kappa shape index (κ2) is 4.55. The molecule has 0 aliphatic carbocycles. The Kier molecular flexibility index (Phi) is 3.26. The Morgan fingerprint density at radius 1 is 1.18 bits per heavy atom. The van der Waals surface area contributed by atoms with Crippen LogP contribution in [0.1, 0.15) is 43.6 Å². The Bertz CT molecular complexity index is 468. The molecule has 0 fully saturated rings. The Balaban J connectivity index is 2.24. The molecular formula is C13H17N3S. The van der Waals surface area contributed by atoms with E-state index >= 15 is 0 Å². The minimum atomic E-state index is -0.178. The van der Waals surface area contributed by atoms with Gasteiger partial charge in [-0.2, -0.15) is 0 Å². The number of hydrogen-bond donors (Lipinski definition) is 1. The molecule has 1 aromatic heterocycles. The zero-order chi connectivity index (χ0) is 12.5. The molecule has 0 saturated heterocycles. The van der Waals surface area contributed by atoms with Gasteiger partial charge in [0.1, 0.15) is 0 Å². The summed E-state index contributed by atoms with van der Waals surface area (Å²) in [5.74, 6) is 0. The van der Waals surface area contributed by atoms with E-state index in [2.05, 4.69) is 54.6 Å². The molecule has 0 saturated carbocycles. The molecule has 2 aromatic rings. The highest BCUT2D eigenvalue weighted by molar-refractivity contribution is 7.03. The summed E-state index contributed by atoms with van der Waals surface area (Å²) in [7, 11) is 0. The average molecular weight is 247 g/mol. The Hall–Kier alpha value is -1.26. The van der Waals surface area contributed by atoms with Gasteiger partial charge in [0, 0.05) is 5.38 Å². The molecule has 0 spiro atoms. The van der Waals surface area contributed by atoms with Gasteiger partial charge in [-0.25, -0.2) is 0 Å². The predicted octanol–water partition coefficient (Wildman–Crippen LogP) is 2.88. The first-order valence-corrected chi connectivity index (χ1v) is 6.45. The fourth-order valence-corrected chi connectivity index (χ4v) is 2.16. The van der Waals surface area contributed by atoms with E-state index in [9.17, 15) is 0 Å². The van der Waals surface area contributed by atoms with Crippen molar-refractivity contribution in [3.05, 3.63) is 46.5 Å². The Labute approximate surface area is 106 Å². The molecule has 1 atom stereocenters. The highest BCUT2D eigenvalue weighted by atomic mass is 32.1. The lowest BCUT2D eigenvalue weighted by Gasteiger charge is -2.19. The van der Waals surface area contributed by atoms with Gasteiger partial charge in [0.05, 0.1) is 11.7 Å². The lowest BCUT2D eigenvalue weighted by atomic mass is 9.86. The molecule has 3 nitrogen and oxygen atoms in total. The van der Waals surface area contributed by atoms with Crippen molar-refractivity contribution in [3.8, 4) is 0 Å². The van der Waals surface area contributed by atoms with Crippen LogP contribution in [0.2, 0.25) is 0 Å². The third-order valence-electron chi connectivity index (χ3n) is 2.83. The lowest BCUT2D eigenvalue weighted by Crippen LogP contribution is -2.14. The van der Waals surface area contributed by atoms with Gasteiger partial charge >= 0.3 is 0 Å². The number of hydrogen-bond acceptors (Lipinski definition) is 4. The molecule has 1 heterocycles. The van der Waals surface area contributed by atoms with Crippen LogP contribution in [0.3, 0.4) is 0 Å². The van der Waals surface area contributed by atoms with Crippen LogP contribution in [-0.4, -0.2) is 9.59 Å². The maximum atomic E-state index is 6.12. The summed E-state index contributed by atoms with van der Waals surface area (Å²) in [6.07, 6.45) is 0. The van der Waals surface area contributed by atoms with Gasteiger partial charge in [0.15, 0.2) is 0 Å². The van der Waals surface area contributed by atoms with E-state index in [1.165, 1.54) is 17.1 Å². The number of benzene rings is 1. The summed E-state index contributed by atoms with van der Waals surface area (Å²) >= 11 is 1.33. The van der Waals surface area contributed by atoms with E-state index in [1.807, 2.05) is 5.38 Å². The third kappa shape index (κ3) is 2.70. The van der Waals surface area contributed by atoms with E-state index in [4.69, 9.17) is 5.73 Å². The SMILES string of the molecule is CC(C)(C)c1ccc(C(N)c2csnn2)cc1. The van der Waals surface area contributed by atoms with Crippen LogP contribution in [0.5, 0.6) is 0 Å². The van der Waals surface area contributed by atoms with Crippen molar-refractivity contribution in [1.29, 1.82) is 0 Å². The Morgan fingerprint density at radius 2 is 1.82 bits per heavy atom. The summed E-state index contributed by atoms with van der Waals surface area (Å²) in [6.45, 7) is 6.60. The number of nitrogens with two attached hydrogens (primary N) is 1. The number of rotatable bonds is 2. The van der Waals surface area contributed by atoms with Gasteiger partial charge in [-0.3, -0.25) is 0 Å². The topological polar surface area (TPSA) is 51.8 Å². The minimum absolute atomic E-state index is 0.171. The standard InChI is InChI=1S/C13H17N3S/c1-13(2,3)10-6-4-9(5-7-10)12(14)11-8-17-16-15-11/h4-8,12H,14H2,1-3H3. The molecule has 90 valence electrons. The highest BCUT2D eigenvalue weighted by Crippen LogP contribution is 2.25. The van der Waals surface area contributed by atoms with Gasteiger partial charge in [0.2, 0.25) is 0 Å². The smallest absolute Gasteiger partial charge is 0.0967 e. The number of nitrogens with zero attached hydrogens (tertiary/aromatic N) is 2. The summed E-state index contributed by atoms with van der Waals surface area (Å²) in [6, 6.07) is 8.24. The van der Waals surface area contributed by atoms with E-state index < -0.39 is 0 Å². The van der Waals surface area contributed by atoms with Crippen LogP contribution in [-0.2, 0) is 5.41 Å². The summed E-state index contributed by atoms with van der Waals surface area (Å²) in [4.78, 5) is 0. The largest absolute Gasteiger partial charge is 0.319 e. The third-order valence-corrected chi connectivity index (χ3v) is 3.35. The first-order chi connectivity index (χ1) is 7.98. The summed E-state index contributed by atoms with van der Waals surface area (Å²) in [5.41, 5.74) is 9.51. The molecular weight excluding hydrogens is 230 g/mol. The van der Waals surface area contributed by atoms with E-state index in [0.29, 0.717) is 0 Å². The van der Waals surface area contributed by atoms with Crippen molar-refractivity contribution in [3.63, 3.8) is 0 Å². The molecule has 2 rings (SSSR count). The fraction of sp³-hybridized carbons (Fsp3) is 0.385. The van der Waals surface area contributed by atoms with Crippen LogP contribution in [0.15, 0.2) is 29.6 Å². The van der Waals surface area contributed by atoms with Gasteiger partial charge in [-0.15, -0.1) is 5.10 Å². The van der Waals surface area contributed by atoms with Gasteiger partial charge in [-0.05, 0) is 28.1 Å². The van der Waals surface area contributed by atoms with Gasteiger partial charge < -0.3 is 5.73 Å². The quantitative estimate of drug-likeness (QED) is 0.887. The first-order valence-electron chi connectivity index (χ1n) is 5.61. The first kappa shape index (κ1) is 12.2. The maximum absolute atomic E-state index is 6.12. The van der Waals surface area contributed by atoms with Crippen molar-refractivity contribution in [2.75, 3.05) is 0 Å². The second-order valence-corrected chi connectivity index (χ2v) is 5.79. The van der Waals surface area contributed by atoms with Crippen molar-refractivity contribution in [1.82, 2.24) is 9.59 Å². The predicted molar refractivity (Wildman–Crippen MR) is 71.1 cm³/mol. The lowest BCUT2D eigenvalue weighted by molar-refractivity contribution is 0.589. The van der Waals surface area contributed by atoms with Crippen molar-refractivity contribution in [2.24, 2.45) is 5.73 Å². The molecule has 2 N–H and O–H groups in total. The van der Waals surface area contributed by atoms with Crippen LogP contribution in [0.25, 0.3) is 0 Å². The second-order valence-electron chi connectivity index (χ2n) is 5.18. The van der Waals surface area contributed by atoms with E-state index in [0.717, 1.165) is 11.3 Å². The molecule has 0 amide bonds. The monoisotopic (exact) mass is 247 g/mol. The van der Waals surface area contributed by atoms with Crippen molar-refractivity contribution >= 4 is 11.5 Å². The van der Waals surface area contributed by atoms with Crippen LogP contribution < -0.4 is 5.73 Å². The normalized spacial score (nSPS) is 13.6. The van der Waals surface area contributed by atoms with Crippen LogP contribution in [0.4, 0.5) is 0 Å². The molecule has 1 unspecified atom stereocenters. The summed E-state index contributed by atoms with van der Waals surface area (Å²) in [5, 5.41) is 5.90. The molecule has 0 bridgehead atoms.